The number of nitrogens with one attached hydrogen (secondary N) is 1. The van der Waals surface area contributed by atoms with Crippen molar-refractivity contribution in [3.63, 3.8) is 0 Å². The molecule has 0 rings (SSSR count). The fraction of sp³-hybridized carbons (Fsp3) is 0.810. The maximum absolute atomic E-state index is 11.7. The Morgan fingerprint density at radius 1 is 0.643 bits per heavy atom. The third-order valence-electron chi connectivity index (χ3n) is 4.72. The average molecular weight is 400 g/mol. The van der Waals surface area contributed by atoms with E-state index in [-0.39, 0.29) is 25.2 Å². The van der Waals surface area contributed by atoms with Crippen LogP contribution in [-0.2, 0) is 19.2 Å². The average Bonchev–Trinajstić information content (AvgIpc) is 2.64. The Hall–Kier alpha value is -1.92. The lowest BCUT2D eigenvalue weighted by Crippen LogP contribution is -2.36. The lowest BCUT2D eigenvalue weighted by atomic mass is 10.0. The van der Waals surface area contributed by atoms with E-state index in [1.807, 2.05) is 0 Å². The van der Waals surface area contributed by atoms with Crippen molar-refractivity contribution in [2.24, 2.45) is 0 Å². The number of unbranched alkanes of at least 4 members (excludes halogenated alkanes) is 11. The van der Waals surface area contributed by atoms with Crippen molar-refractivity contribution in [1.29, 1.82) is 0 Å². The number of hydrogen-bond acceptors (Lipinski definition) is 4. The van der Waals surface area contributed by atoms with Crippen molar-refractivity contribution < 1.29 is 29.4 Å². The molecule has 0 heterocycles. The van der Waals surface area contributed by atoms with Gasteiger partial charge in [-0.1, -0.05) is 64.2 Å². The van der Waals surface area contributed by atoms with Crippen molar-refractivity contribution >= 4 is 24.1 Å². The minimum atomic E-state index is -0.975. The van der Waals surface area contributed by atoms with Crippen LogP contribution in [0.2, 0.25) is 0 Å². The van der Waals surface area contributed by atoms with Crippen LogP contribution in [0.1, 0.15) is 103 Å². The van der Waals surface area contributed by atoms with Crippen LogP contribution in [0, 0.1) is 0 Å². The quantitative estimate of drug-likeness (QED) is 0.209. The lowest BCUT2D eigenvalue weighted by molar-refractivity contribution is -0.138. The van der Waals surface area contributed by atoms with Gasteiger partial charge >= 0.3 is 11.9 Å². The van der Waals surface area contributed by atoms with Crippen LogP contribution in [0.15, 0.2) is 0 Å². The Labute approximate surface area is 168 Å². The minimum Gasteiger partial charge on any atom is -0.481 e. The molecule has 0 unspecified atom stereocenters. The molecule has 7 heteroatoms. The molecule has 0 aromatic rings. The molecule has 0 spiro atoms. The summed E-state index contributed by atoms with van der Waals surface area (Å²) in [5, 5.41) is 19.7. The van der Waals surface area contributed by atoms with Crippen LogP contribution >= 0.6 is 0 Å². The number of aldehydes is 1. The zero-order valence-corrected chi connectivity index (χ0v) is 17.0. The highest BCUT2D eigenvalue weighted by molar-refractivity contribution is 5.79. The molecule has 28 heavy (non-hydrogen) atoms. The third kappa shape index (κ3) is 18.9. The maximum Gasteiger partial charge on any atom is 0.303 e. The molecule has 0 aliphatic carbocycles. The van der Waals surface area contributed by atoms with E-state index in [2.05, 4.69) is 5.32 Å². The van der Waals surface area contributed by atoms with Crippen LogP contribution < -0.4 is 5.32 Å². The molecule has 7 nitrogen and oxygen atoms in total. The Balaban J connectivity index is 3.38. The highest BCUT2D eigenvalue weighted by Crippen LogP contribution is 2.13. The maximum atomic E-state index is 11.7. The number of rotatable bonds is 20. The summed E-state index contributed by atoms with van der Waals surface area (Å²) in [6, 6.07) is -0.708. The van der Waals surface area contributed by atoms with Crippen molar-refractivity contribution in [3.8, 4) is 0 Å². The van der Waals surface area contributed by atoms with Gasteiger partial charge in [0, 0.05) is 19.3 Å². The Morgan fingerprint density at radius 2 is 1.04 bits per heavy atom. The topological polar surface area (TPSA) is 121 Å². The molecule has 3 N–H and O–H groups in total. The number of carbonyl (C=O) groups is 4. The van der Waals surface area contributed by atoms with Gasteiger partial charge in [-0.05, 0) is 19.3 Å². The highest BCUT2D eigenvalue weighted by Gasteiger charge is 2.12. The summed E-state index contributed by atoms with van der Waals surface area (Å²) in [6.45, 7) is 0. The van der Waals surface area contributed by atoms with E-state index in [9.17, 15) is 19.2 Å². The molecule has 162 valence electrons. The zero-order chi connectivity index (χ0) is 21.0. The summed E-state index contributed by atoms with van der Waals surface area (Å²) in [5.74, 6) is -1.87. The summed E-state index contributed by atoms with van der Waals surface area (Å²) in [6.07, 6.45) is 14.2. The SMILES string of the molecule is O=C[C@H](CCC(=O)O)NC(=O)CCCCCCCCCCCCCCC(=O)O. The van der Waals surface area contributed by atoms with Crippen molar-refractivity contribution in [3.05, 3.63) is 0 Å². The van der Waals surface area contributed by atoms with E-state index in [1.54, 1.807) is 0 Å². The standard InChI is InChI=1S/C21H37NO6/c23-17-18(15-16-21(27)28)22-19(24)13-11-9-7-5-3-1-2-4-6-8-10-12-14-20(25)26/h17-18H,1-16H2,(H,22,24)(H,25,26)(H,27,28)/t18-/m0/s1. The number of hydrogen-bond donors (Lipinski definition) is 3. The first-order chi connectivity index (χ1) is 13.5. The number of carboxylic acids is 2. The zero-order valence-electron chi connectivity index (χ0n) is 17.0. The van der Waals surface area contributed by atoms with Gasteiger partial charge in [-0.3, -0.25) is 14.4 Å². The van der Waals surface area contributed by atoms with Gasteiger partial charge in [-0.2, -0.15) is 0 Å². The van der Waals surface area contributed by atoms with Crippen molar-refractivity contribution in [2.45, 2.75) is 109 Å². The summed E-state index contributed by atoms with van der Waals surface area (Å²) in [4.78, 5) is 43.5. The number of amides is 1. The van der Waals surface area contributed by atoms with Gasteiger partial charge < -0.3 is 20.3 Å². The molecule has 1 amide bonds. The van der Waals surface area contributed by atoms with E-state index in [0.717, 1.165) is 44.9 Å². The second-order valence-corrected chi connectivity index (χ2v) is 7.38. The Bertz CT molecular complexity index is 452. The molecule has 0 aliphatic rings. The van der Waals surface area contributed by atoms with Crippen LogP contribution in [-0.4, -0.2) is 40.4 Å². The lowest BCUT2D eigenvalue weighted by Gasteiger charge is -2.11. The van der Waals surface area contributed by atoms with Crippen molar-refractivity contribution in [2.75, 3.05) is 0 Å². The molecule has 1 atom stereocenters. The molecular weight excluding hydrogens is 362 g/mol. The largest absolute Gasteiger partial charge is 0.481 e. The Kier molecular flexibility index (Phi) is 17.2. The fourth-order valence-electron chi connectivity index (χ4n) is 3.06. The molecule has 0 bridgehead atoms. The summed E-state index contributed by atoms with van der Waals surface area (Å²) in [7, 11) is 0. The van der Waals surface area contributed by atoms with Crippen LogP contribution in [0.3, 0.4) is 0 Å². The molecule has 0 aromatic heterocycles. The summed E-state index contributed by atoms with van der Waals surface area (Å²) in [5.41, 5.74) is 0. The van der Waals surface area contributed by atoms with Gasteiger partial charge in [0.2, 0.25) is 5.91 Å². The van der Waals surface area contributed by atoms with E-state index >= 15 is 0 Å². The van der Waals surface area contributed by atoms with Crippen LogP contribution in [0.5, 0.6) is 0 Å². The molecule has 0 aromatic carbocycles. The molecule has 0 radical (unpaired) electrons. The Morgan fingerprint density at radius 3 is 1.43 bits per heavy atom. The normalized spacial score (nSPS) is 11.7. The molecule has 0 fully saturated rings. The number of carbonyl (C=O) groups excluding carboxylic acids is 2. The monoisotopic (exact) mass is 399 g/mol. The molecular formula is C21H37NO6. The minimum absolute atomic E-state index is 0.131. The highest BCUT2D eigenvalue weighted by atomic mass is 16.4. The first kappa shape index (κ1) is 26.1. The van der Waals surface area contributed by atoms with E-state index in [4.69, 9.17) is 10.2 Å². The first-order valence-corrected chi connectivity index (χ1v) is 10.6. The number of aliphatic carboxylic acids is 2. The third-order valence-corrected chi connectivity index (χ3v) is 4.72. The van der Waals surface area contributed by atoms with Gasteiger partial charge in [-0.25, -0.2) is 0 Å². The smallest absolute Gasteiger partial charge is 0.303 e. The summed E-state index contributed by atoms with van der Waals surface area (Å²) >= 11 is 0. The van der Waals surface area contributed by atoms with Gasteiger partial charge in [0.15, 0.2) is 0 Å². The van der Waals surface area contributed by atoms with Gasteiger partial charge in [0.25, 0.3) is 0 Å². The van der Waals surface area contributed by atoms with Crippen molar-refractivity contribution in [1.82, 2.24) is 5.32 Å². The van der Waals surface area contributed by atoms with E-state index in [0.29, 0.717) is 12.7 Å². The second kappa shape index (κ2) is 18.4. The fourth-order valence-corrected chi connectivity index (χ4v) is 3.06. The van der Waals surface area contributed by atoms with E-state index in [1.165, 1.54) is 32.1 Å². The molecule has 0 saturated heterocycles. The second-order valence-electron chi connectivity index (χ2n) is 7.38. The van der Waals surface area contributed by atoms with Gasteiger partial charge in [0.1, 0.15) is 6.29 Å². The van der Waals surface area contributed by atoms with Crippen LogP contribution in [0.25, 0.3) is 0 Å². The van der Waals surface area contributed by atoms with Gasteiger partial charge in [0.05, 0.1) is 6.04 Å². The van der Waals surface area contributed by atoms with Crippen LogP contribution in [0.4, 0.5) is 0 Å². The molecule has 0 aliphatic heterocycles. The van der Waals surface area contributed by atoms with E-state index < -0.39 is 18.0 Å². The predicted octanol–water partition coefficient (Wildman–Crippen LogP) is 4.08. The summed E-state index contributed by atoms with van der Waals surface area (Å²) < 4.78 is 0. The molecule has 0 saturated carbocycles. The predicted molar refractivity (Wildman–Crippen MR) is 107 cm³/mol. The number of carboxylic acid groups (broad SMARTS) is 2. The van der Waals surface area contributed by atoms with Gasteiger partial charge in [-0.15, -0.1) is 0 Å². The first-order valence-electron chi connectivity index (χ1n) is 10.6.